The number of likely N-dealkylation sites (tertiary alicyclic amines) is 1. The van der Waals surface area contributed by atoms with Gasteiger partial charge in [0.15, 0.2) is 11.5 Å². The number of hydrogen-bond donors (Lipinski definition) is 1. The number of halogens is 1. The number of piperidine rings is 1. The van der Waals surface area contributed by atoms with E-state index < -0.39 is 5.97 Å². The Labute approximate surface area is 160 Å². The number of carboxylic acid groups (broad SMARTS) is 1. The lowest BCUT2D eigenvalue weighted by Crippen LogP contribution is -2.46. The molecule has 0 saturated carbocycles. The van der Waals surface area contributed by atoms with Gasteiger partial charge in [0, 0.05) is 12.6 Å². The van der Waals surface area contributed by atoms with Crippen LogP contribution in [0.1, 0.15) is 32.3 Å². The third kappa shape index (κ3) is 5.50. The van der Waals surface area contributed by atoms with Gasteiger partial charge < -0.3 is 14.6 Å². The lowest BCUT2D eigenvalue weighted by atomic mass is 10.0. The lowest BCUT2D eigenvalue weighted by Gasteiger charge is -2.37. The predicted octanol–water partition coefficient (Wildman–Crippen LogP) is 3.12. The SMILES string of the molecule is CCOc1c(Cl)cc(CN2CCC(N(CC)CC(=O)O)CC2)cc1OC. The Balaban J connectivity index is 1.97. The summed E-state index contributed by atoms with van der Waals surface area (Å²) in [6.45, 7) is 8.02. The number of likely N-dealkylation sites (N-methyl/N-ethyl adjacent to an activating group) is 1. The summed E-state index contributed by atoms with van der Waals surface area (Å²) in [6, 6.07) is 4.25. The maximum atomic E-state index is 11.0. The minimum Gasteiger partial charge on any atom is -0.493 e. The molecule has 2 rings (SSSR count). The Morgan fingerprint density at radius 1 is 1.35 bits per heavy atom. The quantitative estimate of drug-likeness (QED) is 0.705. The second-order valence-corrected chi connectivity index (χ2v) is 6.91. The van der Waals surface area contributed by atoms with Crippen molar-refractivity contribution < 1.29 is 19.4 Å². The van der Waals surface area contributed by atoms with E-state index in [0.717, 1.165) is 44.6 Å². The smallest absolute Gasteiger partial charge is 0.317 e. The van der Waals surface area contributed by atoms with Gasteiger partial charge in [-0.05, 0) is 57.1 Å². The summed E-state index contributed by atoms with van der Waals surface area (Å²) in [7, 11) is 1.62. The van der Waals surface area contributed by atoms with E-state index in [0.29, 0.717) is 29.2 Å². The van der Waals surface area contributed by atoms with Crippen molar-refractivity contribution in [2.45, 2.75) is 39.3 Å². The Morgan fingerprint density at radius 2 is 2.04 bits per heavy atom. The van der Waals surface area contributed by atoms with E-state index in [4.69, 9.17) is 26.2 Å². The highest BCUT2D eigenvalue weighted by Gasteiger charge is 2.25. The van der Waals surface area contributed by atoms with Gasteiger partial charge in [0.05, 0.1) is 25.3 Å². The van der Waals surface area contributed by atoms with Gasteiger partial charge in [-0.15, -0.1) is 0 Å². The molecular formula is C19H29ClN2O4. The second-order valence-electron chi connectivity index (χ2n) is 6.51. The molecule has 1 aliphatic rings. The van der Waals surface area contributed by atoms with Crippen molar-refractivity contribution in [1.29, 1.82) is 0 Å². The summed E-state index contributed by atoms with van der Waals surface area (Å²) in [5, 5.41) is 9.61. The number of nitrogens with zero attached hydrogens (tertiary/aromatic N) is 2. The first-order valence-corrected chi connectivity index (χ1v) is 9.53. The second kappa shape index (κ2) is 10.00. The Hall–Kier alpha value is -1.50. The fourth-order valence-electron chi connectivity index (χ4n) is 3.52. The van der Waals surface area contributed by atoms with Gasteiger partial charge in [-0.2, -0.15) is 0 Å². The van der Waals surface area contributed by atoms with Crippen molar-refractivity contribution >= 4 is 17.6 Å². The summed E-state index contributed by atoms with van der Waals surface area (Å²) >= 11 is 6.36. The van der Waals surface area contributed by atoms with Gasteiger partial charge in [0.25, 0.3) is 0 Å². The van der Waals surface area contributed by atoms with E-state index in [2.05, 4.69) is 9.80 Å². The first kappa shape index (κ1) is 20.8. The molecule has 26 heavy (non-hydrogen) atoms. The van der Waals surface area contributed by atoms with E-state index in [-0.39, 0.29) is 6.54 Å². The molecule has 146 valence electrons. The normalized spacial score (nSPS) is 16.0. The summed E-state index contributed by atoms with van der Waals surface area (Å²) in [4.78, 5) is 15.4. The molecule has 0 aliphatic carbocycles. The molecule has 0 bridgehead atoms. The number of aliphatic carboxylic acids is 1. The predicted molar refractivity (Wildman–Crippen MR) is 102 cm³/mol. The first-order valence-electron chi connectivity index (χ1n) is 9.15. The number of carbonyl (C=O) groups is 1. The van der Waals surface area contributed by atoms with Crippen LogP contribution in [0.2, 0.25) is 5.02 Å². The third-order valence-electron chi connectivity index (χ3n) is 4.80. The van der Waals surface area contributed by atoms with Gasteiger partial charge >= 0.3 is 5.97 Å². The molecule has 1 aromatic carbocycles. The minimum atomic E-state index is -0.759. The van der Waals surface area contributed by atoms with Crippen LogP contribution in [0, 0.1) is 0 Å². The number of carboxylic acids is 1. The van der Waals surface area contributed by atoms with Crippen LogP contribution in [0.25, 0.3) is 0 Å². The molecule has 0 unspecified atom stereocenters. The molecular weight excluding hydrogens is 356 g/mol. The van der Waals surface area contributed by atoms with E-state index in [9.17, 15) is 4.79 Å². The van der Waals surface area contributed by atoms with Crippen molar-refractivity contribution in [3.63, 3.8) is 0 Å². The van der Waals surface area contributed by atoms with Crippen LogP contribution in [-0.2, 0) is 11.3 Å². The number of methoxy groups -OCH3 is 1. The van der Waals surface area contributed by atoms with E-state index >= 15 is 0 Å². The molecule has 1 aromatic rings. The molecule has 6 nitrogen and oxygen atoms in total. The number of benzene rings is 1. The monoisotopic (exact) mass is 384 g/mol. The average molecular weight is 385 g/mol. The maximum Gasteiger partial charge on any atom is 0.317 e. The molecule has 0 spiro atoms. The van der Waals surface area contributed by atoms with Gasteiger partial charge in [0.2, 0.25) is 0 Å². The maximum absolute atomic E-state index is 11.0. The zero-order chi connectivity index (χ0) is 19.1. The van der Waals surface area contributed by atoms with E-state index in [1.165, 1.54) is 0 Å². The van der Waals surface area contributed by atoms with Crippen molar-refractivity contribution in [2.24, 2.45) is 0 Å². The Morgan fingerprint density at radius 3 is 2.58 bits per heavy atom. The van der Waals surface area contributed by atoms with Crippen molar-refractivity contribution in [3.05, 3.63) is 22.7 Å². The highest BCUT2D eigenvalue weighted by Crippen LogP contribution is 2.37. The van der Waals surface area contributed by atoms with Crippen molar-refractivity contribution in [1.82, 2.24) is 9.80 Å². The average Bonchev–Trinajstić information content (AvgIpc) is 2.62. The number of ether oxygens (including phenoxy) is 2. The molecule has 1 aliphatic heterocycles. The van der Waals surface area contributed by atoms with Crippen LogP contribution in [0.15, 0.2) is 12.1 Å². The van der Waals surface area contributed by atoms with Crippen molar-refractivity contribution in [2.75, 3.05) is 39.9 Å². The van der Waals surface area contributed by atoms with Gasteiger partial charge in [-0.3, -0.25) is 14.6 Å². The van der Waals surface area contributed by atoms with Gasteiger partial charge in [0.1, 0.15) is 0 Å². The topological polar surface area (TPSA) is 62.2 Å². The largest absolute Gasteiger partial charge is 0.493 e. The molecule has 0 radical (unpaired) electrons. The summed E-state index contributed by atoms with van der Waals surface area (Å²) in [5.74, 6) is 0.486. The standard InChI is InChI=1S/C19H29ClN2O4/c1-4-22(13-18(23)24)15-6-8-21(9-7-15)12-14-10-16(20)19(26-5-2)17(11-14)25-3/h10-11,15H,4-9,12-13H2,1-3H3,(H,23,24). The Bertz CT molecular complexity index is 603. The van der Waals surface area contributed by atoms with Crippen LogP contribution in [0.5, 0.6) is 11.5 Å². The third-order valence-corrected chi connectivity index (χ3v) is 5.08. The zero-order valence-electron chi connectivity index (χ0n) is 15.8. The molecule has 1 saturated heterocycles. The Kier molecular flexibility index (Phi) is 8.00. The van der Waals surface area contributed by atoms with Crippen molar-refractivity contribution in [3.8, 4) is 11.5 Å². The molecule has 1 heterocycles. The van der Waals surface area contributed by atoms with Crippen LogP contribution in [0.3, 0.4) is 0 Å². The molecule has 0 atom stereocenters. The van der Waals surface area contributed by atoms with Gasteiger partial charge in [-0.1, -0.05) is 18.5 Å². The number of hydrogen-bond acceptors (Lipinski definition) is 5. The lowest BCUT2D eigenvalue weighted by molar-refractivity contribution is -0.139. The molecule has 1 fully saturated rings. The van der Waals surface area contributed by atoms with Gasteiger partial charge in [-0.25, -0.2) is 0 Å². The van der Waals surface area contributed by atoms with E-state index in [1.54, 1.807) is 7.11 Å². The number of rotatable bonds is 9. The molecule has 0 amide bonds. The van der Waals surface area contributed by atoms with E-state index in [1.807, 2.05) is 26.0 Å². The summed E-state index contributed by atoms with van der Waals surface area (Å²) in [5.41, 5.74) is 1.09. The molecule has 1 N–H and O–H groups in total. The van der Waals surface area contributed by atoms with Crippen LogP contribution in [-0.4, -0.2) is 66.8 Å². The summed E-state index contributed by atoms with van der Waals surface area (Å²) < 4.78 is 11.0. The zero-order valence-corrected chi connectivity index (χ0v) is 16.6. The first-order chi connectivity index (χ1) is 12.5. The summed E-state index contributed by atoms with van der Waals surface area (Å²) in [6.07, 6.45) is 1.95. The minimum absolute atomic E-state index is 0.118. The molecule has 0 aromatic heterocycles. The van der Waals surface area contributed by atoms with Crippen LogP contribution in [0.4, 0.5) is 0 Å². The van der Waals surface area contributed by atoms with Crippen LogP contribution < -0.4 is 9.47 Å². The fraction of sp³-hybridized carbons (Fsp3) is 0.632. The highest BCUT2D eigenvalue weighted by molar-refractivity contribution is 6.32. The highest BCUT2D eigenvalue weighted by atomic mass is 35.5. The molecule has 7 heteroatoms. The van der Waals surface area contributed by atoms with Crippen LogP contribution >= 0.6 is 11.6 Å². The fourth-order valence-corrected chi connectivity index (χ4v) is 3.81.